The molecule has 0 aliphatic rings. The van der Waals surface area contributed by atoms with Crippen LogP contribution < -0.4 is 4.74 Å². The minimum Gasteiger partial charge on any atom is -0.468 e. The molecule has 3 aromatic rings. The summed E-state index contributed by atoms with van der Waals surface area (Å²) in [5.41, 5.74) is 1.50. The monoisotopic (exact) mass is 469 g/mol. The smallest absolute Gasteiger partial charge is 0.241 e. The average molecular weight is 470 g/mol. The fourth-order valence-electron chi connectivity index (χ4n) is 3.10. The third-order valence-corrected chi connectivity index (χ3v) is 6.13. The quantitative estimate of drug-likeness (QED) is 0.512. The molecule has 0 fully saturated rings. The minimum atomic E-state index is -3.39. The number of Topliss-reactive ketones (excluding diaryl/α,β-unsaturated/α-hetero) is 1. The second kappa shape index (κ2) is 9.16. The Morgan fingerprint density at radius 2 is 1.67 bits per heavy atom. The molecule has 2 aromatic carbocycles. The zero-order chi connectivity index (χ0) is 24.4. The van der Waals surface area contributed by atoms with Crippen molar-refractivity contribution in [2.24, 2.45) is 5.41 Å². The van der Waals surface area contributed by atoms with Crippen LogP contribution in [0.3, 0.4) is 0 Å². The van der Waals surface area contributed by atoms with Crippen molar-refractivity contribution < 1.29 is 22.3 Å². The van der Waals surface area contributed by atoms with Gasteiger partial charge in [0, 0.05) is 17.2 Å². The fraction of sp³-hybridized carbons (Fsp3) is 0.292. The lowest BCUT2D eigenvalue weighted by atomic mass is 9.91. The summed E-state index contributed by atoms with van der Waals surface area (Å²) >= 11 is 0. The van der Waals surface area contributed by atoms with Gasteiger partial charge >= 0.3 is 0 Å². The summed E-state index contributed by atoms with van der Waals surface area (Å²) in [6, 6.07) is 13.9. The number of ketones is 1. The summed E-state index contributed by atoms with van der Waals surface area (Å²) in [5, 5.41) is 13.7. The van der Waals surface area contributed by atoms with Crippen molar-refractivity contribution >= 4 is 15.6 Å². The van der Waals surface area contributed by atoms with Crippen LogP contribution in [0.2, 0.25) is 0 Å². The summed E-state index contributed by atoms with van der Waals surface area (Å²) in [7, 11) is -3.39. The number of halogens is 1. The molecule has 0 atom stereocenters. The molecule has 172 valence electrons. The van der Waals surface area contributed by atoms with Gasteiger partial charge in [0.1, 0.15) is 19.0 Å². The van der Waals surface area contributed by atoms with E-state index in [1.165, 1.54) is 28.9 Å². The van der Waals surface area contributed by atoms with Gasteiger partial charge in [0.15, 0.2) is 15.6 Å². The first-order valence-electron chi connectivity index (χ1n) is 10.1. The number of sulfone groups is 1. The van der Waals surface area contributed by atoms with Gasteiger partial charge in [-0.15, -0.1) is 5.10 Å². The Hall–Kier alpha value is -3.51. The van der Waals surface area contributed by atoms with E-state index in [1.807, 2.05) is 6.07 Å². The number of ether oxygens (including phenoxy) is 1. The van der Waals surface area contributed by atoms with Crippen molar-refractivity contribution in [2.75, 3.05) is 12.9 Å². The molecular formula is C24H24FN3O4S. The van der Waals surface area contributed by atoms with Crippen LogP contribution in [0.4, 0.5) is 4.39 Å². The van der Waals surface area contributed by atoms with E-state index in [9.17, 15) is 22.9 Å². The number of benzene rings is 2. The minimum absolute atomic E-state index is 0.117. The topological polar surface area (TPSA) is 102 Å². The zero-order valence-electron chi connectivity index (χ0n) is 18.8. The van der Waals surface area contributed by atoms with Crippen molar-refractivity contribution in [1.82, 2.24) is 9.78 Å². The number of carbonyl (C=O) groups is 1. The molecule has 9 heteroatoms. The van der Waals surface area contributed by atoms with E-state index in [4.69, 9.17) is 4.74 Å². The van der Waals surface area contributed by atoms with Crippen molar-refractivity contribution in [3.8, 4) is 34.3 Å². The predicted molar refractivity (Wildman–Crippen MR) is 122 cm³/mol. The van der Waals surface area contributed by atoms with Crippen molar-refractivity contribution in [3.05, 3.63) is 54.3 Å². The van der Waals surface area contributed by atoms with E-state index in [0.29, 0.717) is 22.4 Å². The highest BCUT2D eigenvalue weighted by Gasteiger charge is 2.26. The Bertz CT molecular complexity index is 1310. The van der Waals surface area contributed by atoms with Gasteiger partial charge in [-0.25, -0.2) is 17.5 Å². The summed E-state index contributed by atoms with van der Waals surface area (Å²) in [6.45, 7) is 5.00. The third kappa shape index (κ3) is 5.46. The Balaban J connectivity index is 2.19. The first-order chi connectivity index (χ1) is 15.4. The summed E-state index contributed by atoms with van der Waals surface area (Å²) in [5.74, 6) is -0.439. The third-order valence-electron chi connectivity index (χ3n) is 5.01. The molecule has 1 aromatic heterocycles. The lowest BCUT2D eigenvalue weighted by Gasteiger charge is -2.16. The number of aromatic nitrogens is 2. The van der Waals surface area contributed by atoms with Gasteiger partial charge < -0.3 is 4.74 Å². The van der Waals surface area contributed by atoms with E-state index in [1.54, 1.807) is 45.0 Å². The molecule has 0 N–H and O–H groups in total. The maximum atomic E-state index is 13.6. The number of nitriles is 1. The van der Waals surface area contributed by atoms with Gasteiger partial charge in [0.2, 0.25) is 5.88 Å². The van der Waals surface area contributed by atoms with Crippen LogP contribution in [0.25, 0.3) is 22.4 Å². The Labute approximate surface area is 192 Å². The van der Waals surface area contributed by atoms with Crippen LogP contribution in [0.15, 0.2) is 53.4 Å². The SMILES string of the molecule is CC(C)(C)C(=O)COc1nn(CC#N)c(-c2ccc(S(C)(=O)=O)cc2)c1-c1ccc(F)cc1. The largest absolute Gasteiger partial charge is 0.468 e. The average Bonchev–Trinajstić information content (AvgIpc) is 3.09. The van der Waals surface area contributed by atoms with Gasteiger partial charge in [0.05, 0.1) is 22.2 Å². The lowest BCUT2D eigenvalue weighted by Crippen LogP contribution is -2.26. The highest BCUT2D eigenvalue weighted by molar-refractivity contribution is 7.90. The molecule has 0 bridgehead atoms. The number of carbonyl (C=O) groups excluding carboxylic acids is 1. The van der Waals surface area contributed by atoms with Crippen LogP contribution in [0.5, 0.6) is 5.88 Å². The number of rotatable bonds is 7. The Morgan fingerprint density at radius 3 is 2.18 bits per heavy atom. The number of nitrogens with zero attached hydrogens (tertiary/aromatic N) is 3. The second-order valence-electron chi connectivity index (χ2n) is 8.61. The molecule has 0 radical (unpaired) electrons. The highest BCUT2D eigenvalue weighted by Crippen LogP contribution is 2.40. The van der Waals surface area contributed by atoms with Crippen molar-refractivity contribution in [1.29, 1.82) is 5.26 Å². The Kier molecular flexibility index (Phi) is 6.70. The molecule has 0 unspecified atom stereocenters. The predicted octanol–water partition coefficient (Wildman–Crippen LogP) is 4.28. The lowest BCUT2D eigenvalue weighted by molar-refractivity contribution is -0.128. The highest BCUT2D eigenvalue weighted by atomic mass is 32.2. The van der Waals surface area contributed by atoms with Crippen LogP contribution in [0.1, 0.15) is 20.8 Å². The maximum absolute atomic E-state index is 13.6. The summed E-state index contributed by atoms with van der Waals surface area (Å²) in [4.78, 5) is 12.6. The molecule has 33 heavy (non-hydrogen) atoms. The standard InChI is InChI=1S/C24H24FN3O4S/c1-24(2,3)20(29)15-32-23-21(16-5-9-18(25)10-6-16)22(28(27-23)14-13-26)17-7-11-19(12-8-17)33(4,30)31/h5-12H,14-15H2,1-4H3. The molecule has 0 saturated heterocycles. The van der Waals surface area contributed by atoms with Gasteiger partial charge in [-0.3, -0.25) is 4.79 Å². The van der Waals surface area contributed by atoms with E-state index in [2.05, 4.69) is 5.10 Å². The molecule has 0 amide bonds. The van der Waals surface area contributed by atoms with Gasteiger partial charge in [-0.2, -0.15) is 5.26 Å². The van der Waals surface area contributed by atoms with Crippen LogP contribution >= 0.6 is 0 Å². The van der Waals surface area contributed by atoms with Gasteiger partial charge in [-0.1, -0.05) is 45.0 Å². The van der Waals surface area contributed by atoms with E-state index >= 15 is 0 Å². The molecular weight excluding hydrogens is 445 g/mol. The molecule has 0 aliphatic heterocycles. The van der Waals surface area contributed by atoms with Gasteiger partial charge in [-0.05, 0) is 29.8 Å². The van der Waals surface area contributed by atoms with Crippen LogP contribution in [0, 0.1) is 22.6 Å². The van der Waals surface area contributed by atoms with Crippen molar-refractivity contribution in [2.45, 2.75) is 32.2 Å². The summed E-state index contributed by atoms with van der Waals surface area (Å²) in [6.07, 6.45) is 1.12. The van der Waals surface area contributed by atoms with Crippen LogP contribution in [-0.4, -0.2) is 36.8 Å². The second-order valence-corrected chi connectivity index (χ2v) is 10.6. The summed E-state index contributed by atoms with van der Waals surface area (Å²) < 4.78 is 44.5. The molecule has 3 rings (SSSR count). The molecule has 0 aliphatic carbocycles. The normalized spacial score (nSPS) is 11.8. The first-order valence-corrected chi connectivity index (χ1v) is 12.0. The number of hydrogen-bond donors (Lipinski definition) is 0. The van der Waals surface area contributed by atoms with E-state index in [-0.39, 0.29) is 29.7 Å². The molecule has 0 saturated carbocycles. The van der Waals surface area contributed by atoms with E-state index < -0.39 is 21.1 Å². The molecule has 7 nitrogen and oxygen atoms in total. The van der Waals surface area contributed by atoms with Gasteiger partial charge in [0.25, 0.3) is 0 Å². The molecule has 1 heterocycles. The fourth-order valence-corrected chi connectivity index (χ4v) is 3.73. The maximum Gasteiger partial charge on any atom is 0.241 e. The van der Waals surface area contributed by atoms with Crippen LogP contribution in [-0.2, 0) is 21.2 Å². The number of hydrogen-bond acceptors (Lipinski definition) is 6. The molecule has 0 spiro atoms. The zero-order valence-corrected chi connectivity index (χ0v) is 19.6. The first kappa shape index (κ1) is 24.1. The van der Waals surface area contributed by atoms with E-state index in [0.717, 1.165) is 6.26 Å². The Morgan fingerprint density at radius 1 is 1.09 bits per heavy atom. The van der Waals surface area contributed by atoms with Crippen molar-refractivity contribution in [3.63, 3.8) is 0 Å².